The van der Waals surface area contributed by atoms with E-state index in [4.69, 9.17) is 11.6 Å². The van der Waals surface area contributed by atoms with Gasteiger partial charge in [0.15, 0.2) is 0 Å². The van der Waals surface area contributed by atoms with Crippen molar-refractivity contribution in [1.29, 1.82) is 0 Å². The maximum absolute atomic E-state index is 11.4. The number of carbonyl (C=O) groups is 1. The van der Waals surface area contributed by atoms with Gasteiger partial charge in [0.25, 0.3) is 5.69 Å². The minimum Gasteiger partial charge on any atom is -0.304 e. The highest BCUT2D eigenvalue weighted by atomic mass is 35.5. The average Bonchev–Trinajstić information content (AvgIpc) is 2.18. The molecule has 0 aliphatic carbocycles. The Morgan fingerprint density at radius 2 is 2.11 bits per heavy atom. The number of hydrogen-bond acceptors (Lipinski definition) is 4. The van der Waals surface area contributed by atoms with Crippen molar-refractivity contribution in [2.45, 2.75) is 0 Å². The van der Waals surface area contributed by atoms with Crippen LogP contribution < -0.4 is 5.32 Å². The van der Waals surface area contributed by atoms with Crippen molar-refractivity contribution in [3.05, 3.63) is 33.3 Å². The number of rotatable bonds is 2. The number of carbonyl (C=O) groups excluding carboxylic acids is 1. The minimum atomic E-state index is -2.60. The van der Waals surface area contributed by atoms with Gasteiger partial charge in [-0.05, 0) is 6.07 Å². The first-order valence-electron chi connectivity index (χ1n) is 4.61. The number of halogens is 1. The lowest BCUT2D eigenvalue weighted by Gasteiger charge is -2.04. The summed E-state index contributed by atoms with van der Waals surface area (Å²) in [5.41, 5.74) is -0.174. The summed E-state index contributed by atoms with van der Waals surface area (Å²) < 4.78 is 14.6. The Morgan fingerprint density at radius 1 is 1.50 bits per heavy atom. The summed E-state index contributed by atoms with van der Waals surface area (Å²) in [7, 11) is -2.60. The van der Waals surface area contributed by atoms with Gasteiger partial charge in [-0.1, -0.05) is 11.6 Å². The number of nitrogens with one attached hydrogen (secondary N) is 1. The van der Waals surface area contributed by atoms with Crippen LogP contribution in [0.4, 0.5) is 16.2 Å². The van der Waals surface area contributed by atoms with E-state index in [-0.39, 0.29) is 16.4 Å². The molecule has 0 aliphatic rings. The Morgan fingerprint density at radius 3 is 2.61 bits per heavy atom. The standard InChI is InChI=1S/C9H10ClN3O4S/c1-18(2,17)12-9(14)11-8-5-6(13(15)16)3-4-7(8)10/h3-5H,1-2H3,(H,11,14). The van der Waals surface area contributed by atoms with Gasteiger partial charge < -0.3 is 5.32 Å². The molecule has 0 bridgehead atoms. The van der Waals surface area contributed by atoms with E-state index in [1.807, 2.05) is 0 Å². The van der Waals surface area contributed by atoms with Gasteiger partial charge in [-0.2, -0.15) is 0 Å². The molecule has 7 nitrogen and oxygen atoms in total. The van der Waals surface area contributed by atoms with Crippen molar-refractivity contribution in [2.24, 2.45) is 4.36 Å². The highest BCUT2D eigenvalue weighted by Crippen LogP contribution is 2.26. The smallest absolute Gasteiger partial charge is 0.304 e. The van der Waals surface area contributed by atoms with Gasteiger partial charge in [0.1, 0.15) is 0 Å². The molecule has 0 spiro atoms. The van der Waals surface area contributed by atoms with Gasteiger partial charge in [0.2, 0.25) is 0 Å². The Hall–Kier alpha value is -1.67. The van der Waals surface area contributed by atoms with Crippen LogP contribution in [0.15, 0.2) is 22.6 Å². The lowest BCUT2D eigenvalue weighted by Crippen LogP contribution is -2.09. The SMILES string of the molecule is CS(C)(=O)=NC(=O)Nc1cc([N+](=O)[O-])ccc1Cl. The molecule has 0 saturated heterocycles. The average molecular weight is 292 g/mol. The number of benzene rings is 1. The second-order valence-electron chi connectivity index (χ2n) is 3.62. The molecule has 0 unspecified atom stereocenters. The third-order valence-electron chi connectivity index (χ3n) is 1.71. The first kappa shape index (κ1) is 14.4. The molecule has 98 valence electrons. The predicted molar refractivity (Wildman–Crippen MR) is 69.5 cm³/mol. The molecule has 0 saturated carbocycles. The fraction of sp³-hybridized carbons (Fsp3) is 0.222. The zero-order chi connectivity index (χ0) is 13.9. The van der Waals surface area contributed by atoms with Gasteiger partial charge in [-0.3, -0.25) is 10.1 Å². The van der Waals surface area contributed by atoms with E-state index < -0.39 is 20.7 Å². The number of non-ortho nitro benzene ring substituents is 1. The number of anilines is 1. The lowest BCUT2D eigenvalue weighted by atomic mass is 10.3. The van der Waals surface area contributed by atoms with Crippen LogP contribution in [0.1, 0.15) is 0 Å². The molecule has 18 heavy (non-hydrogen) atoms. The van der Waals surface area contributed by atoms with E-state index in [0.717, 1.165) is 6.07 Å². The minimum absolute atomic E-state index is 0.0447. The fourth-order valence-electron chi connectivity index (χ4n) is 1.06. The molecule has 1 aromatic rings. The van der Waals surface area contributed by atoms with Crippen LogP contribution in [-0.4, -0.2) is 27.7 Å². The summed E-state index contributed by atoms with van der Waals surface area (Å²) in [6, 6.07) is 2.72. The third-order valence-corrected chi connectivity index (χ3v) is 2.64. The maximum atomic E-state index is 11.4. The number of amides is 2. The Labute approximate surface area is 108 Å². The molecule has 0 aromatic heterocycles. The molecule has 0 aliphatic heterocycles. The van der Waals surface area contributed by atoms with Crippen LogP contribution in [-0.2, 0) is 9.73 Å². The molecule has 2 amide bonds. The number of hydrogen-bond donors (Lipinski definition) is 1. The normalized spacial score (nSPS) is 10.8. The monoisotopic (exact) mass is 291 g/mol. The highest BCUT2D eigenvalue weighted by molar-refractivity contribution is 7.92. The van der Waals surface area contributed by atoms with Crippen molar-refractivity contribution >= 4 is 38.7 Å². The number of nitro groups is 1. The lowest BCUT2D eigenvalue weighted by molar-refractivity contribution is -0.384. The van der Waals surface area contributed by atoms with Gasteiger partial charge >= 0.3 is 6.03 Å². The van der Waals surface area contributed by atoms with Crippen molar-refractivity contribution in [1.82, 2.24) is 0 Å². The molecule has 9 heteroatoms. The zero-order valence-corrected chi connectivity index (χ0v) is 11.1. The van der Waals surface area contributed by atoms with E-state index in [1.165, 1.54) is 24.6 Å². The van der Waals surface area contributed by atoms with E-state index in [1.54, 1.807) is 0 Å². The van der Waals surface area contributed by atoms with Gasteiger partial charge in [-0.25, -0.2) is 9.00 Å². The van der Waals surface area contributed by atoms with E-state index in [2.05, 4.69) is 9.68 Å². The molecule has 0 heterocycles. The summed E-state index contributed by atoms with van der Waals surface area (Å²) >= 11 is 5.77. The molecule has 1 N–H and O–H groups in total. The predicted octanol–water partition coefficient (Wildman–Crippen LogP) is 2.51. The Bertz CT molecular complexity index is 614. The van der Waals surface area contributed by atoms with Crippen LogP contribution in [0, 0.1) is 10.1 Å². The second-order valence-corrected chi connectivity index (χ2v) is 6.58. The van der Waals surface area contributed by atoms with E-state index in [0.29, 0.717) is 0 Å². The molecule has 0 fully saturated rings. The van der Waals surface area contributed by atoms with Crippen LogP contribution in [0.25, 0.3) is 0 Å². The van der Waals surface area contributed by atoms with Crippen LogP contribution >= 0.6 is 11.6 Å². The van der Waals surface area contributed by atoms with E-state index >= 15 is 0 Å². The highest BCUT2D eigenvalue weighted by Gasteiger charge is 2.12. The Kier molecular flexibility index (Phi) is 4.25. The first-order chi connectivity index (χ1) is 8.19. The topological polar surface area (TPSA) is 102 Å². The molecular formula is C9H10ClN3O4S. The maximum Gasteiger partial charge on any atom is 0.353 e. The second kappa shape index (κ2) is 5.32. The summed E-state index contributed by atoms with van der Waals surface area (Å²) in [6.07, 6.45) is 2.59. The van der Waals surface area contributed by atoms with Gasteiger partial charge in [0.05, 0.1) is 25.4 Å². The summed E-state index contributed by atoms with van der Waals surface area (Å²) in [6.45, 7) is 0. The number of nitrogens with zero attached hydrogens (tertiary/aromatic N) is 2. The molecule has 0 atom stereocenters. The van der Waals surface area contributed by atoms with Crippen molar-refractivity contribution in [3.63, 3.8) is 0 Å². The summed E-state index contributed by atoms with van der Waals surface area (Å²) in [4.78, 5) is 21.3. The summed E-state index contributed by atoms with van der Waals surface area (Å²) in [5, 5.41) is 12.9. The van der Waals surface area contributed by atoms with Crippen LogP contribution in [0.3, 0.4) is 0 Å². The number of nitro benzene ring substituents is 1. The van der Waals surface area contributed by atoms with Gasteiger partial charge in [0, 0.05) is 24.6 Å². The third kappa shape index (κ3) is 4.30. The Balaban J connectivity index is 3.05. The van der Waals surface area contributed by atoms with Crippen molar-refractivity contribution in [2.75, 3.05) is 17.8 Å². The molecule has 1 aromatic carbocycles. The summed E-state index contributed by atoms with van der Waals surface area (Å²) in [5.74, 6) is 0. The zero-order valence-electron chi connectivity index (χ0n) is 9.55. The molecule has 0 radical (unpaired) electrons. The van der Waals surface area contributed by atoms with Crippen molar-refractivity contribution < 1.29 is 13.9 Å². The van der Waals surface area contributed by atoms with Crippen molar-refractivity contribution in [3.8, 4) is 0 Å². The fourth-order valence-corrected chi connectivity index (χ4v) is 1.67. The van der Waals surface area contributed by atoms with Gasteiger partial charge in [-0.15, -0.1) is 4.36 Å². The van der Waals surface area contributed by atoms with Crippen LogP contribution in [0.2, 0.25) is 5.02 Å². The van der Waals surface area contributed by atoms with Crippen LogP contribution in [0.5, 0.6) is 0 Å². The largest absolute Gasteiger partial charge is 0.353 e. The first-order valence-corrected chi connectivity index (χ1v) is 7.32. The van der Waals surface area contributed by atoms with E-state index in [9.17, 15) is 19.1 Å². The molecular weight excluding hydrogens is 282 g/mol. The molecule has 1 rings (SSSR count). The quantitative estimate of drug-likeness (QED) is 0.668. The number of urea groups is 1.